The molecule has 0 unspecified atom stereocenters. The summed E-state index contributed by atoms with van der Waals surface area (Å²) in [5.74, 6) is 1.39. The van der Waals surface area contributed by atoms with E-state index >= 15 is 0 Å². The first-order valence-electron chi connectivity index (χ1n) is 11.4. The van der Waals surface area contributed by atoms with Gasteiger partial charge in [0, 0.05) is 22.8 Å². The summed E-state index contributed by atoms with van der Waals surface area (Å²) in [6.07, 6.45) is 3.30. The van der Waals surface area contributed by atoms with Gasteiger partial charge in [-0.2, -0.15) is 0 Å². The van der Waals surface area contributed by atoms with Gasteiger partial charge in [0.1, 0.15) is 17.2 Å². The maximum absolute atomic E-state index is 12.8. The first kappa shape index (κ1) is 26.2. The van der Waals surface area contributed by atoms with Crippen LogP contribution in [0, 0.1) is 5.41 Å². The number of carbonyl (C=O) groups excluding carboxylic acids is 2. The second-order valence-corrected chi connectivity index (χ2v) is 9.86. The lowest BCUT2D eigenvalue weighted by Crippen LogP contribution is -2.25. The summed E-state index contributed by atoms with van der Waals surface area (Å²) < 4.78 is 17.0. The summed E-state index contributed by atoms with van der Waals surface area (Å²) in [6.45, 7) is 16.7. The molecule has 0 heterocycles. The molecule has 0 aliphatic rings. The van der Waals surface area contributed by atoms with Crippen LogP contribution < -0.4 is 14.2 Å². The van der Waals surface area contributed by atoms with Gasteiger partial charge in [0.25, 0.3) is 0 Å². The van der Waals surface area contributed by atoms with Crippen molar-refractivity contribution >= 4 is 17.8 Å². The zero-order chi connectivity index (χ0) is 24.8. The van der Waals surface area contributed by atoms with Gasteiger partial charge in [-0.3, -0.25) is 9.59 Å². The van der Waals surface area contributed by atoms with Crippen molar-refractivity contribution in [1.82, 2.24) is 0 Å². The molecule has 2 aromatic rings. The summed E-state index contributed by atoms with van der Waals surface area (Å²) in [6, 6.07) is 10.5. The summed E-state index contributed by atoms with van der Waals surface area (Å²) in [5, 5.41) is 0. The monoisotopic (exact) mass is 452 g/mol. The smallest absolute Gasteiger partial charge is 0.316 e. The van der Waals surface area contributed by atoms with Crippen molar-refractivity contribution in [1.29, 1.82) is 0 Å². The Balaban J connectivity index is 2.30. The molecule has 0 bridgehead atoms. The Hall–Kier alpha value is -3.08. The highest BCUT2D eigenvalue weighted by atomic mass is 16.5. The Bertz CT molecular complexity index is 1000. The molecule has 0 aromatic heterocycles. The zero-order valence-corrected chi connectivity index (χ0v) is 21.1. The molecule has 0 saturated carbocycles. The van der Waals surface area contributed by atoms with Crippen LogP contribution >= 0.6 is 0 Å². The lowest BCUT2D eigenvalue weighted by molar-refractivity contribution is -0.143. The van der Waals surface area contributed by atoms with E-state index in [9.17, 15) is 9.59 Å². The van der Waals surface area contributed by atoms with Gasteiger partial charge in [0.05, 0.1) is 18.6 Å². The number of benzene rings is 2. The molecular weight excluding hydrogens is 416 g/mol. The Morgan fingerprint density at radius 2 is 1.42 bits per heavy atom. The van der Waals surface area contributed by atoms with Gasteiger partial charge in [-0.1, -0.05) is 20.8 Å². The Morgan fingerprint density at radius 1 is 0.848 bits per heavy atom. The topological polar surface area (TPSA) is 61.8 Å². The van der Waals surface area contributed by atoms with Crippen molar-refractivity contribution in [3.8, 4) is 17.2 Å². The van der Waals surface area contributed by atoms with Gasteiger partial charge in [-0.05, 0) is 82.5 Å². The Labute approximate surface area is 197 Å². The van der Waals surface area contributed by atoms with Crippen molar-refractivity contribution in [3.05, 3.63) is 59.2 Å². The summed E-state index contributed by atoms with van der Waals surface area (Å²) in [5.41, 5.74) is 1.63. The number of hydrogen-bond donors (Lipinski definition) is 0. The van der Waals surface area contributed by atoms with Gasteiger partial charge in [0.2, 0.25) is 0 Å². The highest BCUT2D eigenvalue weighted by molar-refractivity contribution is 6.07. The van der Waals surface area contributed by atoms with E-state index < -0.39 is 5.41 Å². The fourth-order valence-corrected chi connectivity index (χ4v) is 3.06. The number of hydrogen-bond acceptors (Lipinski definition) is 5. The van der Waals surface area contributed by atoms with Crippen LogP contribution in [0.15, 0.2) is 42.5 Å². The molecular formula is C28H36O5. The molecule has 33 heavy (non-hydrogen) atoms. The van der Waals surface area contributed by atoms with Crippen LogP contribution in [0.2, 0.25) is 0 Å². The number of ketones is 1. The molecule has 0 amide bonds. The van der Waals surface area contributed by atoms with Crippen molar-refractivity contribution in [2.45, 2.75) is 60.8 Å². The predicted octanol–water partition coefficient (Wildman–Crippen LogP) is 6.63. The van der Waals surface area contributed by atoms with Gasteiger partial charge in [-0.25, -0.2) is 0 Å². The molecule has 0 saturated heterocycles. The summed E-state index contributed by atoms with van der Waals surface area (Å²) in [7, 11) is 0. The minimum Gasteiger partial charge on any atom is -0.493 e. The highest BCUT2D eigenvalue weighted by Gasteiger charge is 2.24. The lowest BCUT2D eigenvalue weighted by Gasteiger charge is -2.24. The van der Waals surface area contributed by atoms with Crippen LogP contribution in [0.3, 0.4) is 0 Å². The largest absolute Gasteiger partial charge is 0.493 e. The van der Waals surface area contributed by atoms with Crippen LogP contribution in [-0.4, -0.2) is 25.0 Å². The van der Waals surface area contributed by atoms with E-state index in [0.29, 0.717) is 30.3 Å². The number of allylic oxidation sites excluding steroid dienone is 1. The minimum absolute atomic E-state index is 0.137. The van der Waals surface area contributed by atoms with Crippen molar-refractivity contribution in [3.63, 3.8) is 0 Å². The van der Waals surface area contributed by atoms with E-state index in [1.54, 1.807) is 51.1 Å². The number of esters is 1. The molecule has 5 nitrogen and oxygen atoms in total. The first-order chi connectivity index (χ1) is 15.4. The van der Waals surface area contributed by atoms with E-state index in [-0.39, 0.29) is 17.2 Å². The molecule has 178 valence electrons. The van der Waals surface area contributed by atoms with Crippen molar-refractivity contribution in [2.75, 3.05) is 13.2 Å². The van der Waals surface area contributed by atoms with Crippen LogP contribution in [0.1, 0.15) is 76.9 Å². The third kappa shape index (κ3) is 7.21. The SMILES string of the molecule is CCOc1cc(OCC)c(C(C)(C)C)cc1/C=C/C(=O)c1ccc(OC(=O)C(C)(C)C)cc1. The normalized spacial score (nSPS) is 12.0. The van der Waals surface area contributed by atoms with Crippen LogP contribution in [0.5, 0.6) is 17.2 Å². The molecule has 0 atom stereocenters. The third-order valence-electron chi connectivity index (χ3n) is 4.90. The van der Waals surface area contributed by atoms with E-state index in [1.165, 1.54) is 6.08 Å². The quantitative estimate of drug-likeness (QED) is 0.195. The predicted molar refractivity (Wildman–Crippen MR) is 132 cm³/mol. The second kappa shape index (κ2) is 10.7. The molecule has 0 spiro atoms. The number of ether oxygens (including phenoxy) is 3. The average molecular weight is 453 g/mol. The molecule has 0 radical (unpaired) electrons. The van der Waals surface area contributed by atoms with Crippen molar-refractivity contribution < 1.29 is 23.8 Å². The number of rotatable bonds is 8. The Morgan fingerprint density at radius 3 is 1.94 bits per heavy atom. The third-order valence-corrected chi connectivity index (χ3v) is 4.90. The molecule has 2 rings (SSSR count). The fourth-order valence-electron chi connectivity index (χ4n) is 3.06. The molecule has 0 fully saturated rings. The molecule has 0 N–H and O–H groups in total. The van der Waals surface area contributed by atoms with Gasteiger partial charge in [0.15, 0.2) is 5.78 Å². The molecule has 5 heteroatoms. The van der Waals surface area contributed by atoms with E-state index in [1.807, 2.05) is 26.0 Å². The highest BCUT2D eigenvalue weighted by Crippen LogP contribution is 2.37. The Kier molecular flexibility index (Phi) is 8.48. The van der Waals surface area contributed by atoms with Crippen LogP contribution in [0.4, 0.5) is 0 Å². The fraction of sp³-hybridized carbons (Fsp3) is 0.429. The van der Waals surface area contributed by atoms with Crippen LogP contribution in [0.25, 0.3) is 6.08 Å². The lowest BCUT2D eigenvalue weighted by atomic mass is 9.85. The minimum atomic E-state index is -0.598. The van der Waals surface area contributed by atoms with Gasteiger partial charge in [-0.15, -0.1) is 0 Å². The van der Waals surface area contributed by atoms with Crippen molar-refractivity contribution in [2.24, 2.45) is 5.41 Å². The van der Waals surface area contributed by atoms with E-state index in [4.69, 9.17) is 14.2 Å². The average Bonchev–Trinajstić information content (AvgIpc) is 2.72. The molecule has 0 aliphatic carbocycles. The second-order valence-electron chi connectivity index (χ2n) is 9.86. The summed E-state index contributed by atoms with van der Waals surface area (Å²) in [4.78, 5) is 24.8. The zero-order valence-electron chi connectivity index (χ0n) is 21.1. The van der Waals surface area contributed by atoms with Gasteiger partial charge >= 0.3 is 5.97 Å². The first-order valence-corrected chi connectivity index (χ1v) is 11.4. The number of carbonyl (C=O) groups is 2. The van der Waals surface area contributed by atoms with E-state index in [0.717, 1.165) is 16.9 Å². The maximum Gasteiger partial charge on any atom is 0.316 e. The van der Waals surface area contributed by atoms with E-state index in [2.05, 4.69) is 20.8 Å². The van der Waals surface area contributed by atoms with Gasteiger partial charge < -0.3 is 14.2 Å². The standard InChI is InChI=1S/C28H36O5/c1-9-31-24-18-25(32-10-2)22(27(3,4)5)17-20(24)13-16-23(29)19-11-14-21(15-12-19)33-26(30)28(6,7)8/h11-18H,9-10H2,1-8H3/b16-13+. The van der Waals surface area contributed by atoms with Crippen LogP contribution in [-0.2, 0) is 10.2 Å². The maximum atomic E-state index is 12.8. The molecule has 2 aromatic carbocycles. The summed E-state index contributed by atoms with van der Waals surface area (Å²) >= 11 is 0. The molecule has 0 aliphatic heterocycles.